The third-order valence-electron chi connectivity index (χ3n) is 3.31. The summed E-state index contributed by atoms with van der Waals surface area (Å²) >= 11 is 12.2. The van der Waals surface area contributed by atoms with E-state index in [2.05, 4.69) is 10.2 Å². The van der Waals surface area contributed by atoms with Crippen LogP contribution >= 0.6 is 23.2 Å². The van der Waals surface area contributed by atoms with Gasteiger partial charge in [-0.15, -0.1) is 0 Å². The highest BCUT2D eigenvalue weighted by Crippen LogP contribution is 2.32. The molecule has 1 aliphatic rings. The molecule has 3 nitrogen and oxygen atoms in total. The van der Waals surface area contributed by atoms with Crippen LogP contribution in [-0.2, 0) is 6.54 Å². The number of likely N-dealkylation sites (tertiary alicyclic amines) is 1. The first-order chi connectivity index (χ1) is 9.20. The number of nitrogens with one attached hydrogen (secondary N) is 1. The summed E-state index contributed by atoms with van der Waals surface area (Å²) in [7, 11) is 1.89. The molecule has 0 unspecified atom stereocenters. The van der Waals surface area contributed by atoms with Crippen molar-refractivity contribution >= 4 is 23.2 Å². The Morgan fingerprint density at radius 2 is 2.00 bits per heavy atom. The Hall–Kier alpha value is -0.480. The Labute approximate surface area is 124 Å². The van der Waals surface area contributed by atoms with Crippen molar-refractivity contribution in [1.82, 2.24) is 10.2 Å². The number of hydrogen-bond donors (Lipinski definition) is 1. The lowest BCUT2D eigenvalue weighted by molar-refractivity contribution is 0.236. The molecule has 1 saturated heterocycles. The van der Waals surface area contributed by atoms with E-state index in [-0.39, 0.29) is 0 Å². The van der Waals surface area contributed by atoms with E-state index >= 15 is 0 Å². The van der Waals surface area contributed by atoms with Crippen molar-refractivity contribution in [3.8, 4) is 5.75 Å². The number of hydrogen-bond acceptors (Lipinski definition) is 3. The van der Waals surface area contributed by atoms with Gasteiger partial charge in [-0.25, -0.2) is 0 Å². The van der Waals surface area contributed by atoms with Crippen molar-refractivity contribution in [3.05, 3.63) is 27.7 Å². The lowest BCUT2D eigenvalue weighted by atomic mass is 10.2. The summed E-state index contributed by atoms with van der Waals surface area (Å²) in [5.41, 5.74) is 1.00. The number of ether oxygens (including phenoxy) is 1. The predicted molar refractivity (Wildman–Crippen MR) is 80.4 cm³/mol. The van der Waals surface area contributed by atoms with Gasteiger partial charge in [-0.1, -0.05) is 23.2 Å². The number of benzene rings is 1. The largest absolute Gasteiger partial charge is 0.490 e. The molecule has 1 aromatic carbocycles. The first kappa shape index (κ1) is 14.9. The fourth-order valence-electron chi connectivity index (χ4n) is 2.38. The van der Waals surface area contributed by atoms with Gasteiger partial charge in [-0.05, 0) is 45.1 Å². The summed E-state index contributed by atoms with van der Waals surface area (Å²) in [5.74, 6) is 0.750. The maximum Gasteiger partial charge on any atom is 0.142 e. The van der Waals surface area contributed by atoms with Crippen LogP contribution in [0.15, 0.2) is 12.1 Å². The zero-order valence-electron chi connectivity index (χ0n) is 11.2. The van der Waals surface area contributed by atoms with Crippen molar-refractivity contribution in [2.45, 2.75) is 19.4 Å². The molecule has 0 bridgehead atoms. The predicted octanol–water partition coefficient (Wildman–Crippen LogP) is 3.19. The van der Waals surface area contributed by atoms with Crippen LogP contribution in [0.4, 0.5) is 0 Å². The van der Waals surface area contributed by atoms with Crippen LogP contribution in [0, 0.1) is 0 Å². The van der Waals surface area contributed by atoms with Crippen molar-refractivity contribution in [2.75, 3.05) is 33.3 Å². The van der Waals surface area contributed by atoms with Crippen LogP contribution in [0.5, 0.6) is 5.75 Å². The van der Waals surface area contributed by atoms with E-state index in [1.165, 1.54) is 25.9 Å². The molecule has 1 N–H and O–H groups in total. The molecule has 1 heterocycles. The van der Waals surface area contributed by atoms with E-state index in [1.807, 2.05) is 13.1 Å². The van der Waals surface area contributed by atoms with E-state index in [1.54, 1.807) is 6.07 Å². The third kappa shape index (κ3) is 4.25. The summed E-state index contributed by atoms with van der Waals surface area (Å²) in [6.45, 7) is 4.68. The van der Waals surface area contributed by atoms with Gasteiger partial charge < -0.3 is 10.1 Å². The molecule has 1 aromatic rings. The molecular formula is C14H20Cl2N2O. The maximum absolute atomic E-state index is 6.21. The minimum Gasteiger partial charge on any atom is -0.490 e. The summed E-state index contributed by atoms with van der Waals surface area (Å²) in [6.07, 6.45) is 2.60. The number of nitrogens with zero attached hydrogens (tertiary/aromatic N) is 1. The van der Waals surface area contributed by atoms with Crippen molar-refractivity contribution in [3.63, 3.8) is 0 Å². The minimum absolute atomic E-state index is 0.583. The highest BCUT2D eigenvalue weighted by atomic mass is 35.5. The van der Waals surface area contributed by atoms with E-state index in [9.17, 15) is 0 Å². The summed E-state index contributed by atoms with van der Waals surface area (Å²) in [4.78, 5) is 2.42. The SMILES string of the molecule is CNCc1cc(Cl)cc(Cl)c1OCCN1CCCC1. The number of rotatable bonds is 6. The van der Waals surface area contributed by atoms with Gasteiger partial charge in [-0.2, -0.15) is 0 Å². The lowest BCUT2D eigenvalue weighted by Gasteiger charge is -2.17. The Bertz CT molecular complexity index is 420. The van der Waals surface area contributed by atoms with Gasteiger partial charge >= 0.3 is 0 Å². The second-order valence-corrected chi connectivity index (χ2v) is 5.65. The Kier molecular flexibility index (Phi) is 5.76. The van der Waals surface area contributed by atoms with Crippen LogP contribution in [-0.4, -0.2) is 38.2 Å². The van der Waals surface area contributed by atoms with E-state index in [0.29, 0.717) is 23.2 Å². The number of halogens is 2. The molecule has 0 aromatic heterocycles. The van der Waals surface area contributed by atoms with E-state index in [4.69, 9.17) is 27.9 Å². The Balaban J connectivity index is 1.97. The Morgan fingerprint density at radius 1 is 1.26 bits per heavy atom. The van der Waals surface area contributed by atoms with E-state index < -0.39 is 0 Å². The van der Waals surface area contributed by atoms with Crippen LogP contribution in [0.25, 0.3) is 0 Å². The molecule has 0 amide bonds. The average molecular weight is 303 g/mol. The maximum atomic E-state index is 6.21. The molecule has 0 saturated carbocycles. The highest BCUT2D eigenvalue weighted by Gasteiger charge is 2.13. The molecule has 0 atom stereocenters. The van der Waals surface area contributed by atoms with Crippen molar-refractivity contribution in [1.29, 1.82) is 0 Å². The average Bonchev–Trinajstić information content (AvgIpc) is 2.86. The zero-order valence-corrected chi connectivity index (χ0v) is 12.7. The normalized spacial score (nSPS) is 15.9. The van der Waals surface area contributed by atoms with Gasteiger partial charge in [0.15, 0.2) is 0 Å². The molecule has 1 aliphatic heterocycles. The monoisotopic (exact) mass is 302 g/mol. The van der Waals surface area contributed by atoms with Crippen LogP contribution < -0.4 is 10.1 Å². The minimum atomic E-state index is 0.583. The Morgan fingerprint density at radius 3 is 2.68 bits per heavy atom. The first-order valence-corrected chi connectivity index (χ1v) is 7.44. The molecule has 106 valence electrons. The topological polar surface area (TPSA) is 24.5 Å². The quantitative estimate of drug-likeness (QED) is 0.873. The van der Waals surface area contributed by atoms with Crippen molar-refractivity contribution in [2.24, 2.45) is 0 Å². The molecule has 0 radical (unpaired) electrons. The molecule has 0 spiro atoms. The van der Waals surface area contributed by atoms with Gasteiger partial charge in [0.1, 0.15) is 12.4 Å². The van der Waals surface area contributed by atoms with Crippen LogP contribution in [0.2, 0.25) is 10.0 Å². The molecular weight excluding hydrogens is 283 g/mol. The molecule has 1 fully saturated rings. The molecule has 5 heteroatoms. The lowest BCUT2D eigenvalue weighted by Crippen LogP contribution is -2.25. The summed E-state index contributed by atoms with van der Waals surface area (Å²) in [5, 5.41) is 4.33. The third-order valence-corrected chi connectivity index (χ3v) is 3.80. The van der Waals surface area contributed by atoms with Crippen LogP contribution in [0.1, 0.15) is 18.4 Å². The van der Waals surface area contributed by atoms with E-state index in [0.717, 1.165) is 17.9 Å². The van der Waals surface area contributed by atoms with Gasteiger partial charge in [0, 0.05) is 23.7 Å². The van der Waals surface area contributed by atoms with Crippen molar-refractivity contribution < 1.29 is 4.74 Å². The van der Waals surface area contributed by atoms with Gasteiger partial charge in [-0.3, -0.25) is 4.90 Å². The zero-order chi connectivity index (χ0) is 13.7. The molecule has 0 aliphatic carbocycles. The van der Waals surface area contributed by atoms with Gasteiger partial charge in [0.25, 0.3) is 0 Å². The molecule has 2 rings (SSSR count). The van der Waals surface area contributed by atoms with Gasteiger partial charge in [0.2, 0.25) is 0 Å². The van der Waals surface area contributed by atoms with Crippen LogP contribution in [0.3, 0.4) is 0 Å². The smallest absolute Gasteiger partial charge is 0.142 e. The fraction of sp³-hybridized carbons (Fsp3) is 0.571. The highest BCUT2D eigenvalue weighted by molar-refractivity contribution is 6.35. The molecule has 19 heavy (non-hydrogen) atoms. The van der Waals surface area contributed by atoms with Gasteiger partial charge in [0.05, 0.1) is 5.02 Å². The summed E-state index contributed by atoms with van der Waals surface area (Å²) < 4.78 is 5.87. The standard InChI is InChI=1S/C14H20Cl2N2O/c1-17-10-11-8-12(15)9-13(16)14(11)19-7-6-18-4-2-3-5-18/h8-9,17H,2-7,10H2,1H3. The second-order valence-electron chi connectivity index (χ2n) is 4.80. The fourth-order valence-corrected chi connectivity index (χ4v) is 2.97. The summed E-state index contributed by atoms with van der Waals surface area (Å²) in [6, 6.07) is 3.63. The second kappa shape index (κ2) is 7.34. The first-order valence-electron chi connectivity index (χ1n) is 6.68.